The van der Waals surface area contributed by atoms with Crippen LogP contribution < -0.4 is 9.47 Å². The molecule has 0 saturated carbocycles. The van der Waals surface area contributed by atoms with E-state index < -0.39 is 6.61 Å². The molecule has 0 amide bonds. The molecule has 2 heterocycles. The van der Waals surface area contributed by atoms with Crippen LogP contribution in [0.4, 0.5) is 8.78 Å². The molecule has 1 aromatic carbocycles. The predicted octanol–water partition coefficient (Wildman–Crippen LogP) is 4.52. The standard InChI is InChI=1S/C18H16F2N2O3S/c1-10-9-22-13(11(2)21-18(22)26-10)5-6-14(23)12-4-7-15(25-17(19)20)16(8-12)24-3/h4-9,17H,1-3H3/b6-5-. The van der Waals surface area contributed by atoms with E-state index in [1.807, 2.05) is 24.4 Å². The van der Waals surface area contributed by atoms with Crippen molar-refractivity contribution in [1.82, 2.24) is 9.38 Å². The fraction of sp³-hybridized carbons (Fsp3) is 0.222. The number of carbonyl (C=O) groups is 1. The molecule has 136 valence electrons. The molecule has 3 aromatic rings. The molecule has 0 aliphatic rings. The maximum absolute atomic E-state index is 12.4. The topological polar surface area (TPSA) is 52.8 Å². The highest BCUT2D eigenvalue weighted by atomic mass is 32.1. The molecule has 0 fully saturated rings. The number of imidazole rings is 1. The lowest BCUT2D eigenvalue weighted by Gasteiger charge is -2.10. The summed E-state index contributed by atoms with van der Waals surface area (Å²) in [5.41, 5.74) is 1.94. The summed E-state index contributed by atoms with van der Waals surface area (Å²) >= 11 is 1.57. The van der Waals surface area contributed by atoms with Crippen molar-refractivity contribution in [2.75, 3.05) is 7.11 Å². The van der Waals surface area contributed by atoms with Gasteiger partial charge in [-0.05, 0) is 44.2 Å². The van der Waals surface area contributed by atoms with Gasteiger partial charge in [-0.2, -0.15) is 8.78 Å². The number of allylic oxidation sites excluding steroid dienone is 1. The number of aryl methyl sites for hydroxylation is 2. The van der Waals surface area contributed by atoms with Crippen LogP contribution in [0.25, 0.3) is 11.0 Å². The second kappa shape index (κ2) is 7.25. The molecule has 8 heteroatoms. The first-order valence-corrected chi connectivity index (χ1v) is 8.51. The number of benzene rings is 1. The van der Waals surface area contributed by atoms with Crippen molar-refractivity contribution in [3.05, 3.63) is 52.3 Å². The molecular weight excluding hydrogens is 362 g/mol. The zero-order valence-electron chi connectivity index (χ0n) is 14.3. The number of hydrogen-bond acceptors (Lipinski definition) is 5. The zero-order valence-corrected chi connectivity index (χ0v) is 15.1. The Kier molecular flexibility index (Phi) is 5.03. The third kappa shape index (κ3) is 3.60. The van der Waals surface area contributed by atoms with Gasteiger partial charge in [-0.1, -0.05) is 0 Å². The summed E-state index contributed by atoms with van der Waals surface area (Å²) in [6, 6.07) is 4.08. The third-order valence-corrected chi connectivity index (χ3v) is 4.62. The molecule has 0 saturated heterocycles. The maximum atomic E-state index is 12.4. The van der Waals surface area contributed by atoms with Crippen molar-refractivity contribution >= 4 is 28.2 Å². The predicted molar refractivity (Wildman–Crippen MR) is 95.5 cm³/mol. The number of carbonyl (C=O) groups excluding carboxylic acids is 1. The number of hydrogen-bond donors (Lipinski definition) is 0. The van der Waals surface area contributed by atoms with E-state index in [-0.39, 0.29) is 17.3 Å². The molecule has 0 bridgehead atoms. The number of methoxy groups -OCH3 is 1. The third-order valence-electron chi connectivity index (χ3n) is 3.72. The normalized spacial score (nSPS) is 11.6. The highest BCUT2D eigenvalue weighted by Crippen LogP contribution is 2.30. The van der Waals surface area contributed by atoms with Gasteiger partial charge in [-0.15, -0.1) is 11.3 Å². The summed E-state index contributed by atoms with van der Waals surface area (Å²) in [5.74, 6) is -0.334. The van der Waals surface area contributed by atoms with E-state index in [0.29, 0.717) is 5.56 Å². The molecule has 0 spiro atoms. The van der Waals surface area contributed by atoms with Crippen molar-refractivity contribution in [3.63, 3.8) is 0 Å². The Labute approximate surface area is 152 Å². The average Bonchev–Trinajstić information content (AvgIpc) is 3.07. The fourth-order valence-corrected chi connectivity index (χ4v) is 3.42. The smallest absolute Gasteiger partial charge is 0.387 e. The van der Waals surface area contributed by atoms with Crippen molar-refractivity contribution < 1.29 is 23.0 Å². The van der Waals surface area contributed by atoms with Crippen molar-refractivity contribution in [1.29, 1.82) is 0 Å². The van der Waals surface area contributed by atoms with Gasteiger partial charge in [-0.3, -0.25) is 9.20 Å². The molecule has 0 atom stereocenters. The van der Waals surface area contributed by atoms with E-state index in [1.165, 1.54) is 31.4 Å². The lowest BCUT2D eigenvalue weighted by Crippen LogP contribution is -2.04. The first-order valence-electron chi connectivity index (χ1n) is 7.69. The van der Waals surface area contributed by atoms with Crippen LogP contribution in [0.1, 0.15) is 26.6 Å². The number of ether oxygens (including phenoxy) is 2. The van der Waals surface area contributed by atoms with Gasteiger partial charge in [0.05, 0.1) is 18.5 Å². The molecule has 2 aromatic heterocycles. The fourth-order valence-electron chi connectivity index (χ4n) is 2.55. The Morgan fingerprint density at radius 2 is 2.08 bits per heavy atom. The maximum Gasteiger partial charge on any atom is 0.387 e. The van der Waals surface area contributed by atoms with E-state index in [9.17, 15) is 13.6 Å². The van der Waals surface area contributed by atoms with Crippen molar-refractivity contribution in [2.24, 2.45) is 0 Å². The SMILES string of the molecule is COc1cc(C(=O)/C=C\c2c(C)nc3sc(C)cn23)ccc1OC(F)F. The lowest BCUT2D eigenvalue weighted by atomic mass is 10.1. The van der Waals surface area contributed by atoms with Gasteiger partial charge < -0.3 is 9.47 Å². The van der Waals surface area contributed by atoms with Crippen LogP contribution in [0, 0.1) is 13.8 Å². The van der Waals surface area contributed by atoms with Crippen LogP contribution in [-0.4, -0.2) is 28.9 Å². The number of nitrogens with zero attached hydrogens (tertiary/aromatic N) is 2. The molecule has 26 heavy (non-hydrogen) atoms. The Morgan fingerprint density at radius 1 is 1.31 bits per heavy atom. The first kappa shape index (κ1) is 18.1. The number of alkyl halides is 2. The van der Waals surface area contributed by atoms with Gasteiger partial charge in [0.25, 0.3) is 0 Å². The minimum Gasteiger partial charge on any atom is -0.493 e. The highest BCUT2D eigenvalue weighted by molar-refractivity contribution is 7.17. The van der Waals surface area contributed by atoms with Gasteiger partial charge in [0.15, 0.2) is 22.2 Å². The van der Waals surface area contributed by atoms with Crippen LogP contribution in [0.15, 0.2) is 30.5 Å². The summed E-state index contributed by atoms with van der Waals surface area (Å²) in [6.07, 6.45) is 5.08. The van der Waals surface area contributed by atoms with E-state index >= 15 is 0 Å². The number of thiazole rings is 1. The van der Waals surface area contributed by atoms with Gasteiger partial charge in [0.1, 0.15) is 0 Å². The Bertz CT molecular complexity index is 992. The van der Waals surface area contributed by atoms with Gasteiger partial charge in [-0.25, -0.2) is 4.98 Å². The number of ketones is 1. The monoisotopic (exact) mass is 378 g/mol. The highest BCUT2D eigenvalue weighted by Gasteiger charge is 2.14. The number of aromatic nitrogens is 2. The first-order chi connectivity index (χ1) is 12.4. The van der Waals surface area contributed by atoms with Gasteiger partial charge in [0, 0.05) is 16.6 Å². The largest absolute Gasteiger partial charge is 0.493 e. The summed E-state index contributed by atoms with van der Waals surface area (Å²) < 4.78 is 36.1. The summed E-state index contributed by atoms with van der Waals surface area (Å²) in [7, 11) is 1.32. The Hall–Kier alpha value is -2.74. The van der Waals surface area contributed by atoms with Crippen LogP contribution >= 0.6 is 11.3 Å². The van der Waals surface area contributed by atoms with E-state index in [2.05, 4.69) is 9.72 Å². The number of fused-ring (bicyclic) bond motifs is 1. The molecule has 5 nitrogen and oxygen atoms in total. The van der Waals surface area contributed by atoms with Crippen LogP contribution in [0.5, 0.6) is 11.5 Å². The van der Waals surface area contributed by atoms with Crippen molar-refractivity contribution in [3.8, 4) is 11.5 Å². The van der Waals surface area contributed by atoms with Gasteiger partial charge in [0.2, 0.25) is 0 Å². The summed E-state index contributed by atoms with van der Waals surface area (Å²) in [4.78, 5) is 18.9. The minimum atomic E-state index is -2.97. The quantitative estimate of drug-likeness (QED) is 0.468. The van der Waals surface area contributed by atoms with Crippen LogP contribution in [0.2, 0.25) is 0 Å². The minimum absolute atomic E-state index is 0.0703. The summed E-state index contributed by atoms with van der Waals surface area (Å²) in [5, 5.41) is 0. The zero-order chi connectivity index (χ0) is 18.8. The van der Waals surface area contributed by atoms with Gasteiger partial charge >= 0.3 is 6.61 Å². The number of halogens is 2. The average molecular weight is 378 g/mol. The molecule has 0 aliphatic heterocycles. The molecule has 0 N–H and O–H groups in total. The van der Waals surface area contributed by atoms with E-state index in [1.54, 1.807) is 17.4 Å². The lowest BCUT2D eigenvalue weighted by molar-refractivity contribution is -0.0512. The molecular formula is C18H16F2N2O3S. The molecule has 0 radical (unpaired) electrons. The molecule has 0 aliphatic carbocycles. The van der Waals surface area contributed by atoms with E-state index in [0.717, 1.165) is 21.2 Å². The second-order valence-electron chi connectivity index (χ2n) is 5.52. The Balaban J connectivity index is 1.87. The molecule has 3 rings (SSSR count). The van der Waals surface area contributed by atoms with Crippen LogP contribution in [-0.2, 0) is 0 Å². The molecule has 0 unspecified atom stereocenters. The van der Waals surface area contributed by atoms with Crippen molar-refractivity contribution in [2.45, 2.75) is 20.5 Å². The Morgan fingerprint density at radius 3 is 2.77 bits per heavy atom. The second-order valence-corrected chi connectivity index (χ2v) is 6.73. The van der Waals surface area contributed by atoms with Crippen LogP contribution in [0.3, 0.4) is 0 Å². The summed E-state index contributed by atoms with van der Waals surface area (Å²) in [6.45, 7) is 0.896. The van der Waals surface area contributed by atoms with E-state index in [4.69, 9.17) is 4.74 Å². The number of rotatable bonds is 6.